The second-order valence-corrected chi connectivity index (χ2v) is 9.00. The summed E-state index contributed by atoms with van der Waals surface area (Å²) in [7, 11) is 0. The number of nitrogens with zero attached hydrogens (tertiary/aromatic N) is 1. The smallest absolute Gasteiger partial charge is 0.429 e. The molecule has 0 N–H and O–H groups in total. The van der Waals surface area contributed by atoms with Crippen LogP contribution >= 0.6 is 46.6 Å². The lowest BCUT2D eigenvalue weighted by molar-refractivity contribution is 0.0901. The molecular formula is C13H18Cl3NO4S. The molecule has 9 heteroatoms. The second-order valence-electron chi connectivity index (χ2n) is 5.50. The molecule has 5 nitrogen and oxygen atoms in total. The Morgan fingerprint density at radius 2 is 1.95 bits per heavy atom. The van der Waals surface area contributed by atoms with Crippen molar-refractivity contribution >= 4 is 52.7 Å². The van der Waals surface area contributed by atoms with E-state index in [-0.39, 0.29) is 11.4 Å². The number of rotatable bonds is 5. The van der Waals surface area contributed by atoms with Crippen molar-refractivity contribution in [3.8, 4) is 5.95 Å². The maximum atomic E-state index is 11.6. The number of aromatic nitrogens is 1. The standard InChI is InChI=1S/C13H18Cl3NO4S/c1-12(2,3)10-17-8(5-6-22-4)9(20-10)21-11(18)19-7-13(14,15)16/h5-7H2,1-4H3. The largest absolute Gasteiger partial charge is 0.516 e. The van der Waals surface area contributed by atoms with Gasteiger partial charge in [-0.1, -0.05) is 55.6 Å². The third kappa shape index (κ3) is 6.86. The minimum Gasteiger partial charge on any atom is -0.429 e. The van der Waals surface area contributed by atoms with E-state index in [0.717, 1.165) is 5.75 Å². The van der Waals surface area contributed by atoms with Crippen LogP contribution in [-0.4, -0.2) is 33.5 Å². The Labute approximate surface area is 149 Å². The average Bonchev–Trinajstić information content (AvgIpc) is 2.76. The lowest BCUT2D eigenvalue weighted by Crippen LogP contribution is -2.20. The van der Waals surface area contributed by atoms with E-state index in [4.69, 9.17) is 48.7 Å². The highest BCUT2D eigenvalue weighted by Gasteiger charge is 2.27. The summed E-state index contributed by atoms with van der Waals surface area (Å²) in [5.74, 6) is 1.32. The topological polar surface area (TPSA) is 61.6 Å². The number of ether oxygens (including phenoxy) is 2. The van der Waals surface area contributed by atoms with E-state index in [0.29, 0.717) is 18.0 Å². The fourth-order valence-electron chi connectivity index (χ4n) is 1.34. The van der Waals surface area contributed by atoms with Crippen LogP contribution in [0.3, 0.4) is 0 Å². The molecule has 0 aliphatic heterocycles. The lowest BCUT2D eigenvalue weighted by Gasteiger charge is -2.12. The molecule has 0 amide bonds. The van der Waals surface area contributed by atoms with Crippen LogP contribution in [0.1, 0.15) is 32.4 Å². The van der Waals surface area contributed by atoms with E-state index in [1.165, 1.54) is 0 Å². The Morgan fingerprint density at radius 3 is 2.45 bits per heavy atom. The normalized spacial score (nSPS) is 12.3. The van der Waals surface area contributed by atoms with Gasteiger partial charge >= 0.3 is 12.1 Å². The molecule has 0 saturated carbocycles. The van der Waals surface area contributed by atoms with Gasteiger partial charge < -0.3 is 13.9 Å². The third-order valence-electron chi connectivity index (χ3n) is 2.38. The molecule has 126 valence electrons. The molecule has 1 heterocycles. The van der Waals surface area contributed by atoms with Gasteiger partial charge in [-0.25, -0.2) is 9.78 Å². The highest BCUT2D eigenvalue weighted by molar-refractivity contribution is 7.98. The maximum absolute atomic E-state index is 11.6. The fraction of sp³-hybridized carbons (Fsp3) is 0.692. The maximum Gasteiger partial charge on any atom is 0.516 e. The summed E-state index contributed by atoms with van der Waals surface area (Å²) in [6, 6.07) is 0. The van der Waals surface area contributed by atoms with Gasteiger partial charge in [0.1, 0.15) is 12.3 Å². The van der Waals surface area contributed by atoms with Gasteiger partial charge in [-0.3, -0.25) is 0 Å². The van der Waals surface area contributed by atoms with Gasteiger partial charge in [0.15, 0.2) is 0 Å². The van der Waals surface area contributed by atoms with Crippen LogP contribution < -0.4 is 4.74 Å². The lowest BCUT2D eigenvalue weighted by atomic mass is 9.97. The number of thioether (sulfide) groups is 1. The monoisotopic (exact) mass is 389 g/mol. The summed E-state index contributed by atoms with van der Waals surface area (Å²) >= 11 is 18.2. The second kappa shape index (κ2) is 7.99. The Hall–Kier alpha value is -0.300. The van der Waals surface area contributed by atoms with Crippen molar-refractivity contribution in [2.24, 2.45) is 0 Å². The first-order chi connectivity index (χ1) is 10.0. The number of hydrogen-bond acceptors (Lipinski definition) is 6. The Balaban J connectivity index is 2.82. The third-order valence-corrected chi connectivity index (χ3v) is 3.32. The molecule has 0 unspecified atom stereocenters. The molecule has 1 rings (SSSR count). The van der Waals surface area contributed by atoms with Gasteiger partial charge in [0.05, 0.1) is 0 Å². The van der Waals surface area contributed by atoms with E-state index in [1.807, 2.05) is 27.0 Å². The van der Waals surface area contributed by atoms with Crippen molar-refractivity contribution in [2.75, 3.05) is 18.6 Å². The minimum atomic E-state index is -1.70. The van der Waals surface area contributed by atoms with Crippen LogP contribution in [0.15, 0.2) is 4.42 Å². The van der Waals surface area contributed by atoms with Crippen molar-refractivity contribution in [3.05, 3.63) is 11.6 Å². The summed E-state index contributed by atoms with van der Waals surface area (Å²) in [6.45, 7) is 5.42. The van der Waals surface area contributed by atoms with Crippen molar-refractivity contribution in [1.82, 2.24) is 4.98 Å². The van der Waals surface area contributed by atoms with Gasteiger partial charge in [0.25, 0.3) is 0 Å². The molecule has 0 saturated heterocycles. The number of carbonyl (C=O) groups excluding carboxylic acids is 1. The van der Waals surface area contributed by atoms with Crippen LogP contribution in [0.4, 0.5) is 4.79 Å². The zero-order chi connectivity index (χ0) is 17.0. The Morgan fingerprint density at radius 1 is 1.32 bits per heavy atom. The van der Waals surface area contributed by atoms with E-state index < -0.39 is 16.6 Å². The zero-order valence-corrected chi connectivity index (χ0v) is 15.8. The van der Waals surface area contributed by atoms with Crippen molar-refractivity contribution in [3.63, 3.8) is 0 Å². The van der Waals surface area contributed by atoms with E-state index >= 15 is 0 Å². The van der Waals surface area contributed by atoms with Crippen molar-refractivity contribution < 1.29 is 18.7 Å². The molecule has 0 spiro atoms. The van der Waals surface area contributed by atoms with Crippen LogP contribution in [0.25, 0.3) is 0 Å². The number of carbonyl (C=O) groups is 1. The first-order valence-electron chi connectivity index (χ1n) is 6.43. The molecule has 0 aromatic carbocycles. The fourth-order valence-corrected chi connectivity index (χ4v) is 1.90. The molecule has 0 aliphatic carbocycles. The molecular weight excluding hydrogens is 373 g/mol. The van der Waals surface area contributed by atoms with Gasteiger partial charge in [0, 0.05) is 11.8 Å². The summed E-state index contributed by atoms with van der Waals surface area (Å²) in [4.78, 5) is 16.0. The van der Waals surface area contributed by atoms with E-state index in [1.54, 1.807) is 11.8 Å². The van der Waals surface area contributed by atoms with E-state index in [2.05, 4.69) is 4.98 Å². The van der Waals surface area contributed by atoms with Crippen LogP contribution in [0.5, 0.6) is 5.95 Å². The first kappa shape index (κ1) is 19.7. The predicted molar refractivity (Wildman–Crippen MR) is 89.6 cm³/mol. The van der Waals surface area contributed by atoms with Crippen molar-refractivity contribution in [1.29, 1.82) is 0 Å². The number of oxazole rings is 1. The first-order valence-corrected chi connectivity index (χ1v) is 8.96. The van der Waals surface area contributed by atoms with Gasteiger partial charge in [-0.2, -0.15) is 11.8 Å². The average molecular weight is 391 g/mol. The van der Waals surface area contributed by atoms with Gasteiger partial charge in [0.2, 0.25) is 9.68 Å². The summed E-state index contributed by atoms with van der Waals surface area (Å²) < 4.78 is 13.6. The highest BCUT2D eigenvalue weighted by Crippen LogP contribution is 2.30. The van der Waals surface area contributed by atoms with Crippen LogP contribution in [0.2, 0.25) is 0 Å². The number of hydrogen-bond donors (Lipinski definition) is 0. The minimum absolute atomic E-state index is 0.0216. The quantitative estimate of drug-likeness (QED) is 0.533. The SMILES string of the molecule is CSCCc1nc(C(C)(C)C)oc1OC(=O)OCC(Cl)(Cl)Cl. The summed E-state index contributed by atoms with van der Waals surface area (Å²) in [5.41, 5.74) is 0.252. The number of halogens is 3. The molecule has 0 aliphatic rings. The zero-order valence-electron chi connectivity index (χ0n) is 12.7. The molecule has 0 fully saturated rings. The van der Waals surface area contributed by atoms with Crippen LogP contribution in [-0.2, 0) is 16.6 Å². The molecule has 0 bridgehead atoms. The molecule has 1 aromatic heterocycles. The van der Waals surface area contributed by atoms with E-state index in [9.17, 15) is 4.79 Å². The molecule has 22 heavy (non-hydrogen) atoms. The Bertz CT molecular complexity index is 508. The Kier molecular flexibility index (Phi) is 7.18. The number of aryl methyl sites for hydroxylation is 1. The van der Waals surface area contributed by atoms with Crippen molar-refractivity contribution in [2.45, 2.75) is 36.4 Å². The predicted octanol–water partition coefficient (Wildman–Crippen LogP) is 4.76. The molecule has 0 atom stereocenters. The number of alkyl halides is 3. The summed E-state index contributed by atoms with van der Waals surface area (Å²) in [6.07, 6.45) is 1.57. The summed E-state index contributed by atoms with van der Waals surface area (Å²) in [5, 5.41) is 0. The van der Waals surface area contributed by atoms with Crippen LogP contribution in [0, 0.1) is 0 Å². The highest BCUT2D eigenvalue weighted by atomic mass is 35.6. The van der Waals surface area contributed by atoms with Gasteiger partial charge in [-0.05, 0) is 12.0 Å². The molecule has 1 aromatic rings. The molecule has 0 radical (unpaired) electrons. The van der Waals surface area contributed by atoms with Gasteiger partial charge in [-0.15, -0.1) is 0 Å².